The molecule has 0 spiro atoms. The van der Waals surface area contributed by atoms with Crippen LogP contribution in [0.4, 0.5) is 11.6 Å². The molecule has 0 radical (unpaired) electrons. The number of methoxy groups -OCH3 is 1. The van der Waals surface area contributed by atoms with Crippen molar-refractivity contribution in [3.8, 4) is 5.75 Å². The van der Waals surface area contributed by atoms with Gasteiger partial charge in [-0.1, -0.05) is 0 Å². The SMILES string of the molecule is COc1c(NN)ncnc1NCCO. The number of nitrogens with one attached hydrogen (secondary N) is 2. The van der Waals surface area contributed by atoms with Crippen LogP contribution in [0.15, 0.2) is 6.33 Å². The minimum atomic E-state index is 0.0124. The van der Waals surface area contributed by atoms with E-state index in [2.05, 4.69) is 20.7 Å². The molecule has 0 aliphatic carbocycles. The van der Waals surface area contributed by atoms with Crippen LogP contribution in [0.5, 0.6) is 5.75 Å². The van der Waals surface area contributed by atoms with Gasteiger partial charge >= 0.3 is 0 Å². The largest absolute Gasteiger partial charge is 0.490 e. The molecule has 0 aromatic carbocycles. The molecule has 14 heavy (non-hydrogen) atoms. The predicted molar refractivity (Wildman–Crippen MR) is 52.0 cm³/mol. The lowest BCUT2D eigenvalue weighted by molar-refractivity contribution is 0.310. The molecule has 1 aromatic rings. The van der Waals surface area contributed by atoms with E-state index in [9.17, 15) is 0 Å². The number of aliphatic hydroxyl groups excluding tert-OH is 1. The number of hydrogen-bond donors (Lipinski definition) is 4. The summed E-state index contributed by atoms with van der Waals surface area (Å²) < 4.78 is 5.05. The Morgan fingerprint density at radius 3 is 2.79 bits per heavy atom. The summed E-state index contributed by atoms with van der Waals surface area (Å²) in [6, 6.07) is 0. The molecule has 78 valence electrons. The molecule has 1 heterocycles. The first-order valence-electron chi connectivity index (χ1n) is 4.03. The summed E-state index contributed by atoms with van der Waals surface area (Å²) in [6.07, 6.45) is 1.34. The van der Waals surface area contributed by atoms with Crippen molar-refractivity contribution in [2.24, 2.45) is 5.84 Å². The Balaban J connectivity index is 2.90. The Bertz CT molecular complexity index is 293. The molecular weight excluding hydrogens is 186 g/mol. The molecule has 0 aliphatic rings. The molecule has 5 N–H and O–H groups in total. The number of nitrogens with zero attached hydrogens (tertiary/aromatic N) is 2. The molecular formula is C7H13N5O2. The average molecular weight is 199 g/mol. The summed E-state index contributed by atoms with van der Waals surface area (Å²) in [5.74, 6) is 6.53. The number of aromatic nitrogens is 2. The third-order valence-corrected chi connectivity index (χ3v) is 1.55. The fraction of sp³-hybridized carbons (Fsp3) is 0.429. The van der Waals surface area contributed by atoms with Crippen molar-refractivity contribution < 1.29 is 9.84 Å². The van der Waals surface area contributed by atoms with Gasteiger partial charge in [0, 0.05) is 6.54 Å². The third kappa shape index (κ3) is 2.21. The van der Waals surface area contributed by atoms with Crippen LogP contribution in [0.25, 0.3) is 0 Å². The van der Waals surface area contributed by atoms with Crippen LogP contribution >= 0.6 is 0 Å². The van der Waals surface area contributed by atoms with E-state index in [1.54, 1.807) is 0 Å². The van der Waals surface area contributed by atoms with E-state index in [0.717, 1.165) is 0 Å². The molecule has 1 rings (SSSR count). The molecule has 7 heteroatoms. The highest BCUT2D eigenvalue weighted by molar-refractivity contribution is 5.62. The van der Waals surface area contributed by atoms with Crippen LogP contribution in [0, 0.1) is 0 Å². The maximum atomic E-state index is 8.63. The number of aliphatic hydroxyl groups is 1. The first-order chi connectivity index (χ1) is 6.83. The zero-order valence-electron chi connectivity index (χ0n) is 7.82. The summed E-state index contributed by atoms with van der Waals surface area (Å²) in [7, 11) is 1.49. The Morgan fingerprint density at radius 1 is 1.50 bits per heavy atom. The maximum absolute atomic E-state index is 8.63. The second kappa shape index (κ2) is 5.20. The summed E-state index contributed by atoms with van der Waals surface area (Å²) in [5.41, 5.74) is 2.38. The lowest BCUT2D eigenvalue weighted by Crippen LogP contribution is -2.13. The van der Waals surface area contributed by atoms with E-state index in [4.69, 9.17) is 15.7 Å². The zero-order chi connectivity index (χ0) is 10.4. The average Bonchev–Trinajstić information content (AvgIpc) is 2.25. The molecule has 0 saturated heterocycles. The van der Waals surface area contributed by atoms with Crippen LogP contribution in [0.2, 0.25) is 0 Å². The first-order valence-corrected chi connectivity index (χ1v) is 4.03. The fourth-order valence-electron chi connectivity index (χ4n) is 0.970. The van der Waals surface area contributed by atoms with Gasteiger partial charge in [-0.3, -0.25) is 0 Å². The monoisotopic (exact) mass is 199 g/mol. The number of anilines is 2. The van der Waals surface area contributed by atoms with Crippen molar-refractivity contribution in [3.63, 3.8) is 0 Å². The quantitative estimate of drug-likeness (QED) is 0.362. The first kappa shape index (κ1) is 10.5. The van der Waals surface area contributed by atoms with Gasteiger partial charge in [0.15, 0.2) is 11.6 Å². The van der Waals surface area contributed by atoms with E-state index in [0.29, 0.717) is 23.9 Å². The van der Waals surface area contributed by atoms with E-state index in [1.165, 1.54) is 13.4 Å². The van der Waals surface area contributed by atoms with Crippen LogP contribution in [-0.4, -0.2) is 35.3 Å². The molecule has 0 bridgehead atoms. The van der Waals surface area contributed by atoms with Crippen molar-refractivity contribution in [3.05, 3.63) is 6.33 Å². The van der Waals surface area contributed by atoms with Gasteiger partial charge in [-0.15, -0.1) is 0 Å². The van der Waals surface area contributed by atoms with Gasteiger partial charge in [-0.2, -0.15) is 0 Å². The smallest absolute Gasteiger partial charge is 0.205 e. The topological polar surface area (TPSA) is 105 Å². The molecule has 1 aromatic heterocycles. The van der Waals surface area contributed by atoms with Crippen LogP contribution in [0.3, 0.4) is 0 Å². The van der Waals surface area contributed by atoms with Gasteiger partial charge in [0.05, 0.1) is 13.7 Å². The van der Waals surface area contributed by atoms with E-state index in [-0.39, 0.29) is 6.61 Å². The molecule has 0 fully saturated rings. The Kier molecular flexibility index (Phi) is 3.89. The van der Waals surface area contributed by atoms with E-state index in [1.807, 2.05) is 0 Å². The molecule has 0 amide bonds. The van der Waals surface area contributed by atoms with Crippen molar-refractivity contribution in [2.45, 2.75) is 0 Å². The van der Waals surface area contributed by atoms with Crippen LogP contribution in [0.1, 0.15) is 0 Å². The number of rotatable bonds is 5. The van der Waals surface area contributed by atoms with Gasteiger partial charge in [-0.25, -0.2) is 15.8 Å². The number of nitrogens with two attached hydrogens (primary N) is 1. The number of hydrogen-bond acceptors (Lipinski definition) is 7. The lowest BCUT2D eigenvalue weighted by Gasteiger charge is -2.11. The van der Waals surface area contributed by atoms with Crippen molar-refractivity contribution >= 4 is 11.6 Å². The third-order valence-electron chi connectivity index (χ3n) is 1.55. The van der Waals surface area contributed by atoms with Crippen LogP contribution in [-0.2, 0) is 0 Å². The Labute approximate surface area is 81.3 Å². The highest BCUT2D eigenvalue weighted by atomic mass is 16.5. The highest BCUT2D eigenvalue weighted by Gasteiger charge is 2.09. The summed E-state index contributed by atoms with van der Waals surface area (Å²) >= 11 is 0. The van der Waals surface area contributed by atoms with Gasteiger partial charge < -0.3 is 20.6 Å². The second-order valence-corrected chi connectivity index (χ2v) is 2.40. The Hall–Kier alpha value is -1.60. The van der Waals surface area contributed by atoms with Crippen molar-refractivity contribution in [1.29, 1.82) is 0 Å². The Morgan fingerprint density at radius 2 is 2.21 bits per heavy atom. The number of hydrazine groups is 1. The van der Waals surface area contributed by atoms with Gasteiger partial charge in [0.2, 0.25) is 5.75 Å². The minimum Gasteiger partial charge on any atom is -0.490 e. The van der Waals surface area contributed by atoms with Crippen molar-refractivity contribution in [2.75, 3.05) is 31.0 Å². The number of ether oxygens (including phenoxy) is 1. The fourth-order valence-corrected chi connectivity index (χ4v) is 0.970. The molecule has 0 atom stereocenters. The normalized spacial score (nSPS) is 9.64. The summed E-state index contributed by atoms with van der Waals surface area (Å²) in [5, 5.41) is 11.5. The standard InChI is InChI=1S/C7H13N5O2/c1-14-5-6(9-2-3-13)10-4-11-7(5)12-8/h4,13H,2-3,8H2,1H3,(H2,9,10,11,12). The zero-order valence-corrected chi connectivity index (χ0v) is 7.82. The second-order valence-electron chi connectivity index (χ2n) is 2.40. The molecule has 0 unspecified atom stereocenters. The van der Waals surface area contributed by atoms with Gasteiger partial charge in [0.25, 0.3) is 0 Å². The van der Waals surface area contributed by atoms with E-state index < -0.39 is 0 Å². The lowest BCUT2D eigenvalue weighted by atomic mass is 10.4. The maximum Gasteiger partial charge on any atom is 0.205 e. The summed E-state index contributed by atoms with van der Waals surface area (Å²) in [4.78, 5) is 7.80. The van der Waals surface area contributed by atoms with E-state index >= 15 is 0 Å². The van der Waals surface area contributed by atoms with Gasteiger partial charge in [0.1, 0.15) is 6.33 Å². The predicted octanol–water partition coefficient (Wildman–Crippen LogP) is -0.825. The van der Waals surface area contributed by atoms with Gasteiger partial charge in [-0.05, 0) is 0 Å². The molecule has 7 nitrogen and oxygen atoms in total. The van der Waals surface area contributed by atoms with Crippen molar-refractivity contribution in [1.82, 2.24) is 9.97 Å². The molecule has 0 saturated carbocycles. The highest BCUT2D eigenvalue weighted by Crippen LogP contribution is 2.27. The molecule has 0 aliphatic heterocycles. The summed E-state index contributed by atoms with van der Waals surface area (Å²) in [6.45, 7) is 0.399. The van der Waals surface area contributed by atoms with Crippen LogP contribution < -0.4 is 21.3 Å². The number of nitrogen functional groups attached to an aromatic ring is 1. The minimum absolute atomic E-state index is 0.0124.